The molecule has 0 aliphatic rings. The van der Waals surface area contributed by atoms with E-state index in [9.17, 15) is 0 Å². The van der Waals surface area contributed by atoms with Gasteiger partial charge in [-0.3, -0.25) is 0 Å². The van der Waals surface area contributed by atoms with Crippen LogP contribution in [-0.2, 0) is 0 Å². The van der Waals surface area contributed by atoms with E-state index >= 15 is 0 Å². The highest BCUT2D eigenvalue weighted by Crippen LogP contribution is 2.47. The first-order valence-corrected chi connectivity index (χ1v) is 21.3. The number of hydrogen-bond donors (Lipinski definition) is 0. The molecule has 1 aromatic heterocycles. The predicted molar refractivity (Wildman–Crippen MR) is 264 cm³/mol. The van der Waals surface area contributed by atoms with Crippen LogP contribution in [0.4, 0.5) is 17.1 Å². The Kier molecular flexibility index (Phi) is 8.53. The number of aromatic nitrogens is 1. The Labute approximate surface area is 360 Å². The van der Waals surface area contributed by atoms with Crippen molar-refractivity contribution in [1.82, 2.24) is 4.57 Å². The molecule has 0 spiro atoms. The second-order valence-electron chi connectivity index (χ2n) is 16.1. The van der Waals surface area contributed by atoms with Crippen molar-refractivity contribution < 1.29 is 0 Å². The minimum Gasteiger partial charge on any atom is -0.310 e. The lowest BCUT2D eigenvalue weighted by atomic mass is 9.85. The molecular formula is C60H40N2. The smallest absolute Gasteiger partial charge is 0.0561 e. The lowest BCUT2D eigenvalue weighted by molar-refractivity contribution is 1.18. The van der Waals surface area contributed by atoms with Gasteiger partial charge in [0, 0.05) is 33.5 Å². The van der Waals surface area contributed by atoms with E-state index in [1.54, 1.807) is 0 Å². The standard InChI is InChI=1S/C60H40N2/c1-4-16-41(17-5-1)43-28-31-47(32-29-43)61(50-35-37-54-53-25-14-15-27-57(53)62(58(54)40-50)48-33-30-42-18-10-11-23-46(42)38-48)49-34-36-52-51-24-12-13-26-55(51)59(44-19-6-2-7-20-44)60(56(52)39-49)45-21-8-3-9-22-45/h1-40H. The summed E-state index contributed by atoms with van der Waals surface area (Å²) in [4.78, 5) is 2.43. The Morgan fingerprint density at radius 2 is 0.742 bits per heavy atom. The topological polar surface area (TPSA) is 8.17 Å². The first kappa shape index (κ1) is 35.7. The van der Waals surface area contributed by atoms with Gasteiger partial charge in [0.2, 0.25) is 0 Å². The Morgan fingerprint density at radius 3 is 1.45 bits per heavy atom. The van der Waals surface area contributed by atoms with Gasteiger partial charge in [-0.2, -0.15) is 0 Å². The third-order valence-corrected chi connectivity index (χ3v) is 12.5. The van der Waals surface area contributed by atoms with Crippen LogP contribution in [0, 0.1) is 0 Å². The zero-order valence-corrected chi connectivity index (χ0v) is 34.0. The number of para-hydroxylation sites is 1. The Morgan fingerprint density at radius 1 is 0.258 bits per heavy atom. The summed E-state index contributed by atoms with van der Waals surface area (Å²) >= 11 is 0. The number of anilines is 3. The number of fused-ring (bicyclic) bond motifs is 7. The minimum absolute atomic E-state index is 1.08. The van der Waals surface area contributed by atoms with Crippen LogP contribution in [0.3, 0.4) is 0 Å². The van der Waals surface area contributed by atoms with Crippen molar-refractivity contribution in [3.8, 4) is 39.1 Å². The molecule has 0 atom stereocenters. The van der Waals surface area contributed by atoms with Crippen molar-refractivity contribution in [1.29, 1.82) is 0 Å². The molecular weight excluding hydrogens is 749 g/mol. The number of nitrogens with zero attached hydrogens (tertiary/aromatic N) is 2. The molecule has 0 aliphatic heterocycles. The molecule has 0 saturated heterocycles. The molecule has 2 nitrogen and oxygen atoms in total. The molecule has 12 rings (SSSR count). The zero-order chi connectivity index (χ0) is 41.0. The van der Waals surface area contributed by atoms with E-state index in [2.05, 4.69) is 252 Å². The van der Waals surface area contributed by atoms with Crippen LogP contribution in [0.5, 0.6) is 0 Å². The molecule has 0 aliphatic carbocycles. The maximum Gasteiger partial charge on any atom is 0.0561 e. The first-order chi connectivity index (χ1) is 30.8. The third-order valence-electron chi connectivity index (χ3n) is 12.5. The molecule has 62 heavy (non-hydrogen) atoms. The average Bonchev–Trinajstić information content (AvgIpc) is 3.68. The fourth-order valence-corrected chi connectivity index (χ4v) is 9.70. The summed E-state index contributed by atoms with van der Waals surface area (Å²) in [6.45, 7) is 0. The van der Waals surface area contributed by atoms with Crippen LogP contribution in [0.2, 0.25) is 0 Å². The molecule has 0 bridgehead atoms. The molecule has 1 heterocycles. The minimum atomic E-state index is 1.08. The molecule has 2 heteroatoms. The van der Waals surface area contributed by atoms with Crippen molar-refractivity contribution in [3.05, 3.63) is 243 Å². The fourth-order valence-electron chi connectivity index (χ4n) is 9.70. The second kappa shape index (κ2) is 14.8. The van der Waals surface area contributed by atoms with Gasteiger partial charge in [-0.05, 0) is 120 Å². The van der Waals surface area contributed by atoms with Gasteiger partial charge >= 0.3 is 0 Å². The monoisotopic (exact) mass is 788 g/mol. The zero-order valence-electron chi connectivity index (χ0n) is 34.0. The number of rotatable bonds is 7. The van der Waals surface area contributed by atoms with Crippen molar-refractivity contribution >= 4 is 71.2 Å². The van der Waals surface area contributed by atoms with E-state index in [0.717, 1.165) is 28.3 Å². The molecule has 0 N–H and O–H groups in total. The summed E-state index contributed by atoms with van der Waals surface area (Å²) in [5, 5.41) is 9.85. The average molecular weight is 789 g/mol. The quantitative estimate of drug-likeness (QED) is 0.146. The number of hydrogen-bond acceptors (Lipinski definition) is 1. The van der Waals surface area contributed by atoms with Crippen molar-refractivity contribution in [3.63, 3.8) is 0 Å². The van der Waals surface area contributed by atoms with E-state index in [4.69, 9.17) is 0 Å². The Hall–Kier alpha value is -8.20. The third kappa shape index (κ3) is 5.96. The summed E-state index contributed by atoms with van der Waals surface area (Å²) in [7, 11) is 0. The van der Waals surface area contributed by atoms with Crippen LogP contribution >= 0.6 is 0 Å². The number of benzene rings is 11. The van der Waals surface area contributed by atoms with Crippen molar-refractivity contribution in [2.24, 2.45) is 0 Å². The van der Waals surface area contributed by atoms with E-state index in [1.807, 2.05) is 0 Å². The lowest BCUT2D eigenvalue weighted by Gasteiger charge is -2.27. The highest BCUT2D eigenvalue weighted by Gasteiger charge is 2.22. The molecule has 0 radical (unpaired) electrons. The lowest BCUT2D eigenvalue weighted by Crippen LogP contribution is -2.10. The molecule has 11 aromatic carbocycles. The highest BCUT2D eigenvalue weighted by molar-refractivity contribution is 6.22. The van der Waals surface area contributed by atoms with Gasteiger partial charge < -0.3 is 9.47 Å². The van der Waals surface area contributed by atoms with Crippen molar-refractivity contribution in [2.45, 2.75) is 0 Å². The summed E-state index contributed by atoms with van der Waals surface area (Å²) < 4.78 is 2.43. The van der Waals surface area contributed by atoms with Crippen LogP contribution in [0.25, 0.3) is 93.2 Å². The molecule has 290 valence electrons. The fraction of sp³-hybridized carbons (Fsp3) is 0. The van der Waals surface area contributed by atoms with Crippen molar-refractivity contribution in [2.75, 3.05) is 4.90 Å². The molecule has 0 fully saturated rings. The molecule has 12 aromatic rings. The van der Waals surface area contributed by atoms with Gasteiger partial charge in [0.15, 0.2) is 0 Å². The SMILES string of the molecule is c1ccc(-c2ccc(N(c3ccc4c(c3)c(-c3ccccc3)c(-c3ccccc3)c3ccccc34)c3ccc4c5ccccc5n(-c5ccc6ccccc6c5)c4c3)cc2)cc1. The molecule has 0 amide bonds. The van der Waals surface area contributed by atoms with Gasteiger partial charge in [-0.15, -0.1) is 0 Å². The van der Waals surface area contributed by atoms with Gasteiger partial charge in [-0.1, -0.05) is 188 Å². The summed E-state index contributed by atoms with van der Waals surface area (Å²) in [5.41, 5.74) is 14.0. The first-order valence-electron chi connectivity index (χ1n) is 21.3. The largest absolute Gasteiger partial charge is 0.310 e. The molecule has 0 unspecified atom stereocenters. The summed E-state index contributed by atoms with van der Waals surface area (Å²) in [6, 6.07) is 88.6. The van der Waals surface area contributed by atoms with Crippen LogP contribution in [0.15, 0.2) is 243 Å². The summed E-state index contributed by atoms with van der Waals surface area (Å²) in [5.74, 6) is 0. The van der Waals surface area contributed by atoms with E-state index in [1.165, 1.54) is 82.0 Å². The highest BCUT2D eigenvalue weighted by atomic mass is 15.1. The van der Waals surface area contributed by atoms with Gasteiger partial charge in [-0.25, -0.2) is 0 Å². The van der Waals surface area contributed by atoms with E-state index in [-0.39, 0.29) is 0 Å². The maximum absolute atomic E-state index is 2.43. The van der Waals surface area contributed by atoms with Crippen LogP contribution in [0.1, 0.15) is 0 Å². The second-order valence-corrected chi connectivity index (χ2v) is 16.1. The van der Waals surface area contributed by atoms with Gasteiger partial charge in [0.05, 0.1) is 11.0 Å². The normalized spacial score (nSPS) is 11.5. The van der Waals surface area contributed by atoms with E-state index in [0.29, 0.717) is 0 Å². The van der Waals surface area contributed by atoms with Crippen LogP contribution in [-0.4, -0.2) is 4.57 Å². The predicted octanol–water partition coefficient (Wildman–Crippen LogP) is 16.7. The maximum atomic E-state index is 2.43. The molecule has 0 saturated carbocycles. The van der Waals surface area contributed by atoms with Gasteiger partial charge in [0.25, 0.3) is 0 Å². The van der Waals surface area contributed by atoms with Crippen LogP contribution < -0.4 is 4.90 Å². The van der Waals surface area contributed by atoms with E-state index < -0.39 is 0 Å². The van der Waals surface area contributed by atoms with Gasteiger partial charge in [0.1, 0.15) is 0 Å². The Bertz CT molecular complexity index is 3610. The summed E-state index contributed by atoms with van der Waals surface area (Å²) in [6.07, 6.45) is 0. The Balaban J connectivity index is 1.14.